The van der Waals surface area contributed by atoms with Crippen LogP contribution in [0.4, 0.5) is 10.1 Å². The van der Waals surface area contributed by atoms with Crippen LogP contribution in [0, 0.1) is 5.82 Å². The van der Waals surface area contributed by atoms with Crippen LogP contribution in [-0.4, -0.2) is 18.4 Å². The van der Waals surface area contributed by atoms with E-state index in [2.05, 4.69) is 10.6 Å². The molecule has 0 radical (unpaired) electrons. The summed E-state index contributed by atoms with van der Waals surface area (Å²) in [6, 6.07) is 3.35. The molecule has 0 fully saturated rings. The van der Waals surface area contributed by atoms with Crippen LogP contribution in [0.3, 0.4) is 0 Å². The van der Waals surface area contributed by atoms with Gasteiger partial charge in [0.2, 0.25) is 11.8 Å². The van der Waals surface area contributed by atoms with Crippen LogP contribution < -0.4 is 16.4 Å². The number of anilines is 1. The van der Waals surface area contributed by atoms with Gasteiger partial charge in [0.1, 0.15) is 11.9 Å². The van der Waals surface area contributed by atoms with Gasteiger partial charge < -0.3 is 11.1 Å². The Hall–Kier alpha value is -1.95. The minimum absolute atomic E-state index is 0.102. The highest BCUT2D eigenvalue weighted by molar-refractivity contribution is 6.02. The van der Waals surface area contributed by atoms with Gasteiger partial charge in [-0.3, -0.25) is 14.9 Å². The van der Waals surface area contributed by atoms with Gasteiger partial charge in [-0.05, 0) is 12.1 Å². The molecular formula is C10H10FN3O2. The third kappa shape index (κ3) is 1.87. The second-order valence-corrected chi connectivity index (χ2v) is 3.50. The first-order chi connectivity index (χ1) is 7.58. The first-order valence-corrected chi connectivity index (χ1v) is 4.70. The van der Waals surface area contributed by atoms with E-state index in [1.54, 1.807) is 0 Å². The number of benzene rings is 1. The SMILES string of the molecule is NC(=O)CNC1C(=O)Nc2cc(F)ccc21. The maximum Gasteiger partial charge on any atom is 0.246 e. The molecule has 1 unspecified atom stereocenters. The van der Waals surface area contributed by atoms with Crippen LogP contribution >= 0.6 is 0 Å². The molecule has 6 heteroatoms. The van der Waals surface area contributed by atoms with Crippen LogP contribution in [-0.2, 0) is 9.59 Å². The summed E-state index contributed by atoms with van der Waals surface area (Å²) >= 11 is 0. The average molecular weight is 223 g/mol. The van der Waals surface area contributed by atoms with Crippen molar-refractivity contribution in [1.82, 2.24) is 5.32 Å². The fourth-order valence-corrected chi connectivity index (χ4v) is 1.64. The Bertz CT molecular complexity index is 461. The van der Waals surface area contributed by atoms with Crippen molar-refractivity contribution in [3.63, 3.8) is 0 Å². The molecule has 84 valence electrons. The Morgan fingerprint density at radius 2 is 2.31 bits per heavy atom. The normalized spacial score (nSPS) is 18.1. The zero-order chi connectivity index (χ0) is 11.7. The number of halogens is 1. The van der Waals surface area contributed by atoms with Crippen molar-refractivity contribution in [2.75, 3.05) is 11.9 Å². The van der Waals surface area contributed by atoms with Crippen molar-refractivity contribution >= 4 is 17.5 Å². The number of hydrogen-bond donors (Lipinski definition) is 3. The van der Waals surface area contributed by atoms with E-state index in [4.69, 9.17) is 5.73 Å². The molecule has 0 saturated heterocycles. The molecule has 0 aromatic heterocycles. The van der Waals surface area contributed by atoms with Gasteiger partial charge in [-0.1, -0.05) is 6.07 Å². The summed E-state index contributed by atoms with van der Waals surface area (Å²) in [6.07, 6.45) is 0. The summed E-state index contributed by atoms with van der Waals surface area (Å²) in [4.78, 5) is 22.1. The van der Waals surface area contributed by atoms with E-state index in [0.717, 1.165) is 0 Å². The van der Waals surface area contributed by atoms with Crippen molar-refractivity contribution in [3.8, 4) is 0 Å². The quantitative estimate of drug-likeness (QED) is 0.668. The molecule has 1 heterocycles. The van der Waals surface area contributed by atoms with E-state index in [-0.39, 0.29) is 12.5 Å². The van der Waals surface area contributed by atoms with Crippen molar-refractivity contribution in [3.05, 3.63) is 29.6 Å². The van der Waals surface area contributed by atoms with Gasteiger partial charge in [-0.2, -0.15) is 0 Å². The van der Waals surface area contributed by atoms with E-state index in [1.807, 2.05) is 0 Å². The maximum absolute atomic E-state index is 12.9. The Kier molecular flexibility index (Phi) is 2.57. The molecule has 1 aliphatic rings. The molecule has 0 spiro atoms. The van der Waals surface area contributed by atoms with Crippen molar-refractivity contribution < 1.29 is 14.0 Å². The first-order valence-electron chi connectivity index (χ1n) is 4.70. The van der Waals surface area contributed by atoms with Gasteiger partial charge in [-0.15, -0.1) is 0 Å². The van der Waals surface area contributed by atoms with Crippen LogP contribution in [0.15, 0.2) is 18.2 Å². The number of primary amides is 1. The number of hydrogen-bond acceptors (Lipinski definition) is 3. The fraction of sp³-hybridized carbons (Fsp3) is 0.200. The van der Waals surface area contributed by atoms with Crippen molar-refractivity contribution in [2.24, 2.45) is 5.73 Å². The minimum Gasteiger partial charge on any atom is -0.369 e. The number of fused-ring (bicyclic) bond motifs is 1. The van der Waals surface area contributed by atoms with Crippen molar-refractivity contribution in [2.45, 2.75) is 6.04 Å². The van der Waals surface area contributed by atoms with Crippen molar-refractivity contribution in [1.29, 1.82) is 0 Å². The standard InChI is InChI=1S/C10H10FN3O2/c11-5-1-2-6-7(3-5)14-10(16)9(6)13-4-8(12)15/h1-3,9,13H,4H2,(H2,12,15)(H,14,16). The second-order valence-electron chi connectivity index (χ2n) is 3.50. The van der Waals surface area contributed by atoms with Gasteiger partial charge >= 0.3 is 0 Å². The Morgan fingerprint density at radius 3 is 3.00 bits per heavy atom. The number of rotatable bonds is 3. The molecule has 4 N–H and O–H groups in total. The second kappa shape index (κ2) is 3.90. The van der Waals surface area contributed by atoms with Gasteiger partial charge in [0, 0.05) is 11.3 Å². The van der Waals surface area contributed by atoms with Gasteiger partial charge in [0.25, 0.3) is 0 Å². The molecule has 1 aliphatic heterocycles. The molecule has 1 atom stereocenters. The Morgan fingerprint density at radius 1 is 1.56 bits per heavy atom. The average Bonchev–Trinajstić information content (AvgIpc) is 2.50. The third-order valence-electron chi connectivity index (χ3n) is 2.33. The van der Waals surface area contributed by atoms with E-state index in [0.29, 0.717) is 11.3 Å². The predicted molar refractivity (Wildman–Crippen MR) is 55.0 cm³/mol. The largest absolute Gasteiger partial charge is 0.369 e. The number of nitrogens with one attached hydrogen (secondary N) is 2. The summed E-state index contributed by atoms with van der Waals surface area (Å²) < 4.78 is 12.9. The Labute approximate surface area is 90.8 Å². The molecule has 1 aromatic carbocycles. The summed E-state index contributed by atoms with van der Waals surface area (Å²) in [5.74, 6) is -1.29. The molecule has 2 rings (SSSR count). The summed E-state index contributed by atoms with van der Waals surface area (Å²) in [6.45, 7) is -0.102. The molecule has 1 aromatic rings. The van der Waals surface area contributed by atoms with E-state index in [9.17, 15) is 14.0 Å². The lowest BCUT2D eigenvalue weighted by molar-refractivity contribution is -0.119. The molecule has 16 heavy (non-hydrogen) atoms. The highest BCUT2D eigenvalue weighted by atomic mass is 19.1. The number of carbonyl (C=O) groups is 2. The lowest BCUT2D eigenvalue weighted by atomic mass is 10.1. The highest BCUT2D eigenvalue weighted by Gasteiger charge is 2.30. The third-order valence-corrected chi connectivity index (χ3v) is 2.33. The molecule has 5 nitrogen and oxygen atoms in total. The summed E-state index contributed by atoms with van der Waals surface area (Å²) in [7, 11) is 0. The molecular weight excluding hydrogens is 213 g/mol. The number of nitrogens with two attached hydrogens (primary N) is 1. The zero-order valence-electron chi connectivity index (χ0n) is 8.29. The minimum atomic E-state index is -0.650. The first kappa shape index (κ1) is 10.6. The lowest BCUT2D eigenvalue weighted by Crippen LogP contribution is -2.34. The van der Waals surface area contributed by atoms with Crippen LogP contribution in [0.2, 0.25) is 0 Å². The smallest absolute Gasteiger partial charge is 0.246 e. The number of amides is 2. The monoisotopic (exact) mass is 223 g/mol. The van der Waals surface area contributed by atoms with E-state index >= 15 is 0 Å². The van der Waals surface area contributed by atoms with Crippen LogP contribution in [0.1, 0.15) is 11.6 Å². The van der Waals surface area contributed by atoms with Gasteiger partial charge in [0.15, 0.2) is 0 Å². The Balaban J connectivity index is 2.22. The topological polar surface area (TPSA) is 84.2 Å². The lowest BCUT2D eigenvalue weighted by Gasteiger charge is -2.09. The molecule has 0 saturated carbocycles. The van der Waals surface area contributed by atoms with E-state index in [1.165, 1.54) is 18.2 Å². The maximum atomic E-state index is 12.9. The molecule has 0 aliphatic carbocycles. The van der Waals surface area contributed by atoms with Crippen LogP contribution in [0.25, 0.3) is 0 Å². The number of carbonyl (C=O) groups excluding carboxylic acids is 2. The van der Waals surface area contributed by atoms with Crippen LogP contribution in [0.5, 0.6) is 0 Å². The van der Waals surface area contributed by atoms with E-state index < -0.39 is 17.8 Å². The molecule has 0 bridgehead atoms. The van der Waals surface area contributed by atoms with Gasteiger partial charge in [-0.25, -0.2) is 4.39 Å². The molecule has 2 amide bonds. The fourth-order valence-electron chi connectivity index (χ4n) is 1.64. The van der Waals surface area contributed by atoms with Gasteiger partial charge in [0.05, 0.1) is 6.54 Å². The highest BCUT2D eigenvalue weighted by Crippen LogP contribution is 2.30. The predicted octanol–water partition coefficient (Wildman–Crippen LogP) is -0.106. The zero-order valence-corrected chi connectivity index (χ0v) is 8.29. The summed E-state index contributed by atoms with van der Waals surface area (Å²) in [5, 5.41) is 5.22. The summed E-state index contributed by atoms with van der Waals surface area (Å²) in [5.41, 5.74) is 6.01.